The second-order valence-electron chi connectivity index (χ2n) is 4.77. The van der Waals surface area contributed by atoms with E-state index in [1.165, 1.54) is 14.2 Å². The Kier molecular flexibility index (Phi) is 5.66. The molecule has 0 aliphatic heterocycles. The van der Waals surface area contributed by atoms with Gasteiger partial charge in [-0.2, -0.15) is 18.4 Å². The first-order valence-electron chi connectivity index (χ1n) is 6.98. The predicted octanol–water partition coefficient (Wildman–Crippen LogP) is -0.226. The minimum atomic E-state index is -4.29. The van der Waals surface area contributed by atoms with Crippen molar-refractivity contribution >= 4 is 28.1 Å². The molecule has 2 heterocycles. The fraction of sp³-hybridized carbons (Fsp3) is 0.333. The first-order chi connectivity index (χ1) is 12.2. The number of carbonyl (C=O) groups is 1. The number of nitrogens with zero attached hydrogens (tertiary/aromatic N) is 5. The number of hydrogen-bond acceptors (Lipinski definition) is 10. The number of methoxy groups -OCH3 is 2. The third kappa shape index (κ3) is 5.37. The van der Waals surface area contributed by atoms with Gasteiger partial charge in [-0.25, -0.2) is 24.2 Å². The number of aromatic nitrogens is 5. The van der Waals surface area contributed by atoms with Crippen LogP contribution >= 0.6 is 0 Å². The molecule has 3 N–H and O–H groups in total. The highest BCUT2D eigenvalue weighted by Crippen LogP contribution is 2.12. The van der Waals surface area contributed by atoms with Crippen molar-refractivity contribution in [3.63, 3.8) is 0 Å². The predicted molar refractivity (Wildman–Crippen MR) is 89.1 cm³/mol. The third-order valence-electron chi connectivity index (χ3n) is 2.62. The van der Waals surface area contributed by atoms with Crippen LogP contribution in [0, 0.1) is 13.8 Å². The van der Waals surface area contributed by atoms with Crippen LogP contribution in [0.4, 0.5) is 16.7 Å². The molecule has 0 radical (unpaired) electrons. The van der Waals surface area contributed by atoms with Crippen molar-refractivity contribution in [1.29, 1.82) is 0 Å². The second kappa shape index (κ2) is 7.73. The van der Waals surface area contributed by atoms with E-state index in [4.69, 9.17) is 9.47 Å². The summed E-state index contributed by atoms with van der Waals surface area (Å²) in [6.07, 6.45) is 0. The molecule has 0 spiro atoms. The lowest BCUT2D eigenvalue weighted by atomic mass is 10.4. The van der Waals surface area contributed by atoms with Crippen molar-refractivity contribution in [2.24, 2.45) is 0 Å². The van der Waals surface area contributed by atoms with E-state index in [9.17, 15) is 13.2 Å². The Labute approximate surface area is 148 Å². The standard InChI is InChI=1S/C12H16N8O5S/c1-6-5-7(2)14-9(13-6)19-26(22,23)20-10(21)15-8-16-11(24-3)18-12(17-8)25-4/h5H,1-4H3,(H,13,14,19)(H2,15,16,17,18,20,21). The highest BCUT2D eigenvalue weighted by molar-refractivity contribution is 7.91. The van der Waals surface area contributed by atoms with Gasteiger partial charge in [0.2, 0.25) is 11.9 Å². The summed E-state index contributed by atoms with van der Waals surface area (Å²) in [6, 6.07) is 0.283. The quantitative estimate of drug-likeness (QED) is 0.604. The van der Waals surface area contributed by atoms with Crippen LogP contribution in [0.15, 0.2) is 6.07 Å². The number of amides is 2. The van der Waals surface area contributed by atoms with Crippen molar-refractivity contribution in [2.45, 2.75) is 13.8 Å². The van der Waals surface area contributed by atoms with Gasteiger partial charge in [0.25, 0.3) is 0 Å². The summed E-state index contributed by atoms with van der Waals surface area (Å²) in [4.78, 5) is 30.9. The molecule has 2 rings (SSSR count). The molecule has 13 nitrogen and oxygen atoms in total. The SMILES string of the molecule is COc1nc(NC(=O)NS(=O)(=O)Nc2nc(C)cc(C)n2)nc(OC)n1. The molecular formula is C12H16N8O5S. The first kappa shape index (κ1) is 19.0. The Morgan fingerprint density at radius 3 is 1.96 bits per heavy atom. The Morgan fingerprint density at radius 1 is 0.923 bits per heavy atom. The van der Waals surface area contributed by atoms with Gasteiger partial charge in [0.1, 0.15) is 0 Å². The van der Waals surface area contributed by atoms with Crippen LogP contribution in [-0.2, 0) is 10.2 Å². The van der Waals surface area contributed by atoms with E-state index >= 15 is 0 Å². The second-order valence-corrected chi connectivity index (χ2v) is 6.18. The Bertz CT molecular complexity index is 877. The lowest BCUT2D eigenvalue weighted by molar-refractivity contribution is 0.256. The number of carbonyl (C=O) groups excluding carboxylic acids is 1. The van der Waals surface area contributed by atoms with Crippen LogP contribution in [0.1, 0.15) is 11.4 Å². The lowest BCUT2D eigenvalue weighted by Crippen LogP contribution is -2.39. The summed E-state index contributed by atoms with van der Waals surface area (Å²) >= 11 is 0. The van der Waals surface area contributed by atoms with E-state index in [2.05, 4.69) is 30.2 Å². The van der Waals surface area contributed by atoms with E-state index in [1.807, 2.05) is 4.72 Å². The molecule has 0 bridgehead atoms. The Balaban J connectivity index is 2.08. The summed E-state index contributed by atoms with van der Waals surface area (Å²) in [5.74, 6) is -0.449. The maximum Gasteiger partial charge on any atom is 0.336 e. The zero-order valence-electron chi connectivity index (χ0n) is 14.3. The molecule has 26 heavy (non-hydrogen) atoms. The minimum Gasteiger partial charge on any atom is -0.467 e. The third-order valence-corrected chi connectivity index (χ3v) is 3.53. The highest BCUT2D eigenvalue weighted by atomic mass is 32.2. The molecule has 0 aliphatic carbocycles. The number of hydrogen-bond donors (Lipinski definition) is 3. The number of aryl methyl sites for hydroxylation is 2. The van der Waals surface area contributed by atoms with Crippen molar-refractivity contribution < 1.29 is 22.7 Å². The normalized spacial score (nSPS) is 10.8. The fourth-order valence-corrected chi connectivity index (χ4v) is 2.42. The van der Waals surface area contributed by atoms with E-state index in [0.717, 1.165) is 0 Å². The summed E-state index contributed by atoms with van der Waals surface area (Å²) in [5.41, 5.74) is 1.12. The van der Waals surface area contributed by atoms with Crippen LogP contribution < -0.4 is 24.2 Å². The topological polar surface area (TPSA) is 170 Å². The molecule has 2 aromatic heterocycles. The van der Waals surface area contributed by atoms with Gasteiger partial charge < -0.3 is 9.47 Å². The summed E-state index contributed by atoms with van der Waals surface area (Å²) < 4.78 is 37.4. The minimum absolute atomic E-state index is 0.128. The van der Waals surface area contributed by atoms with E-state index < -0.39 is 16.2 Å². The molecule has 0 aromatic carbocycles. The zero-order chi connectivity index (χ0) is 19.3. The maximum absolute atomic E-state index is 12.0. The zero-order valence-corrected chi connectivity index (χ0v) is 15.1. The van der Waals surface area contributed by atoms with Gasteiger partial charge in [0.05, 0.1) is 14.2 Å². The molecular weight excluding hydrogens is 368 g/mol. The monoisotopic (exact) mass is 384 g/mol. The number of ether oxygens (including phenoxy) is 2. The first-order valence-corrected chi connectivity index (χ1v) is 8.47. The van der Waals surface area contributed by atoms with Gasteiger partial charge in [-0.05, 0) is 19.9 Å². The maximum atomic E-state index is 12.0. The van der Waals surface area contributed by atoms with Gasteiger partial charge in [-0.1, -0.05) is 0 Å². The number of rotatable bonds is 6. The van der Waals surface area contributed by atoms with Crippen LogP contribution in [0.5, 0.6) is 12.0 Å². The number of anilines is 2. The summed E-state index contributed by atoms with van der Waals surface area (Å²) in [7, 11) is -1.68. The molecule has 2 amide bonds. The van der Waals surface area contributed by atoms with Crippen molar-refractivity contribution in [3.8, 4) is 12.0 Å². The van der Waals surface area contributed by atoms with Crippen molar-refractivity contribution in [2.75, 3.05) is 24.3 Å². The number of nitrogens with one attached hydrogen (secondary N) is 3. The Hall–Kier alpha value is -3.29. The van der Waals surface area contributed by atoms with Crippen molar-refractivity contribution in [3.05, 3.63) is 17.5 Å². The Morgan fingerprint density at radius 2 is 1.46 bits per heavy atom. The van der Waals surface area contributed by atoms with E-state index in [1.54, 1.807) is 24.6 Å². The van der Waals surface area contributed by atoms with Crippen molar-refractivity contribution in [1.82, 2.24) is 29.6 Å². The van der Waals surface area contributed by atoms with Crippen LogP contribution in [0.2, 0.25) is 0 Å². The van der Waals surface area contributed by atoms with E-state index in [-0.39, 0.29) is 23.9 Å². The van der Waals surface area contributed by atoms with Crippen LogP contribution in [0.3, 0.4) is 0 Å². The van der Waals surface area contributed by atoms with Gasteiger partial charge >= 0.3 is 28.3 Å². The van der Waals surface area contributed by atoms with E-state index in [0.29, 0.717) is 11.4 Å². The number of urea groups is 1. The van der Waals surface area contributed by atoms with Crippen LogP contribution in [-0.4, -0.2) is 53.6 Å². The van der Waals surface area contributed by atoms with Gasteiger partial charge in [0.15, 0.2) is 0 Å². The van der Waals surface area contributed by atoms with Crippen LogP contribution in [0.25, 0.3) is 0 Å². The molecule has 0 aliphatic rings. The average molecular weight is 384 g/mol. The summed E-state index contributed by atoms with van der Waals surface area (Å²) in [5, 5.41) is 2.12. The average Bonchev–Trinajstić information content (AvgIpc) is 2.51. The molecule has 0 unspecified atom stereocenters. The molecule has 14 heteroatoms. The molecule has 0 saturated carbocycles. The molecule has 0 saturated heterocycles. The lowest BCUT2D eigenvalue weighted by Gasteiger charge is -2.10. The summed E-state index contributed by atoms with van der Waals surface area (Å²) in [6.45, 7) is 3.35. The molecule has 2 aromatic rings. The smallest absolute Gasteiger partial charge is 0.336 e. The van der Waals surface area contributed by atoms with Gasteiger partial charge in [0, 0.05) is 11.4 Å². The molecule has 140 valence electrons. The largest absolute Gasteiger partial charge is 0.467 e. The van der Waals surface area contributed by atoms with Gasteiger partial charge in [-0.3, -0.25) is 5.32 Å². The highest BCUT2D eigenvalue weighted by Gasteiger charge is 2.18. The fourth-order valence-electron chi connectivity index (χ4n) is 1.74. The molecule has 0 fully saturated rings. The van der Waals surface area contributed by atoms with Gasteiger partial charge in [-0.15, -0.1) is 4.98 Å². The molecule has 0 atom stereocenters.